The van der Waals surface area contributed by atoms with Gasteiger partial charge in [-0.1, -0.05) is 30.3 Å². The van der Waals surface area contributed by atoms with E-state index in [1.807, 2.05) is 32.0 Å². The van der Waals surface area contributed by atoms with E-state index in [0.717, 1.165) is 30.2 Å². The molecule has 4 nitrogen and oxygen atoms in total. The van der Waals surface area contributed by atoms with Crippen LogP contribution in [0.1, 0.15) is 29.3 Å². The lowest BCUT2D eigenvalue weighted by Crippen LogP contribution is -2.16. The maximum atomic E-state index is 9.24. The number of nitrogens with zero attached hydrogens (tertiary/aromatic N) is 2. The van der Waals surface area contributed by atoms with Crippen LogP contribution in [0.4, 0.5) is 5.82 Å². The Kier molecular flexibility index (Phi) is 5.07. The van der Waals surface area contributed by atoms with E-state index in [4.69, 9.17) is 0 Å². The van der Waals surface area contributed by atoms with Crippen molar-refractivity contribution in [2.45, 2.75) is 26.2 Å². The van der Waals surface area contributed by atoms with Crippen LogP contribution in [0.25, 0.3) is 0 Å². The van der Waals surface area contributed by atoms with Crippen LogP contribution in [0, 0.1) is 13.8 Å². The number of hydrogen-bond donors (Lipinski definition) is 2. The van der Waals surface area contributed by atoms with Crippen LogP contribution in [0.15, 0.2) is 36.5 Å². The number of aryl methyl sites for hydroxylation is 2. The predicted octanol–water partition coefficient (Wildman–Crippen LogP) is 2.67. The average Bonchev–Trinajstić information content (AvgIpc) is 2.47. The molecule has 0 aliphatic heterocycles. The molecule has 0 bridgehead atoms. The molecular weight excluding hydrogens is 250 g/mol. The van der Waals surface area contributed by atoms with Crippen molar-refractivity contribution in [2.24, 2.45) is 0 Å². The van der Waals surface area contributed by atoms with Gasteiger partial charge >= 0.3 is 0 Å². The first-order valence-electron chi connectivity index (χ1n) is 6.90. The highest BCUT2D eigenvalue weighted by molar-refractivity contribution is 5.40. The van der Waals surface area contributed by atoms with Crippen molar-refractivity contribution in [2.75, 3.05) is 18.5 Å². The zero-order valence-electron chi connectivity index (χ0n) is 12.0. The van der Waals surface area contributed by atoms with Crippen LogP contribution >= 0.6 is 0 Å². The van der Waals surface area contributed by atoms with Crippen LogP contribution in [0.3, 0.4) is 0 Å². The molecule has 2 aromatic rings. The first-order valence-corrected chi connectivity index (χ1v) is 6.90. The fourth-order valence-electron chi connectivity index (χ4n) is 2.19. The Morgan fingerprint density at radius 1 is 1.20 bits per heavy atom. The summed E-state index contributed by atoms with van der Waals surface area (Å²) in [6, 6.07) is 10.2. The van der Waals surface area contributed by atoms with Gasteiger partial charge in [0, 0.05) is 25.3 Å². The minimum atomic E-state index is 0.180. The number of aliphatic hydroxyl groups excluding tert-OH is 1. The van der Waals surface area contributed by atoms with Gasteiger partial charge in [0.25, 0.3) is 0 Å². The second kappa shape index (κ2) is 7.01. The predicted molar refractivity (Wildman–Crippen MR) is 80.9 cm³/mol. The average molecular weight is 271 g/mol. The molecule has 1 heterocycles. The van der Waals surface area contributed by atoms with Crippen LogP contribution in [-0.2, 0) is 0 Å². The SMILES string of the molecule is Cc1cnc(C)c(NCC(CCO)c2ccccc2)n1. The van der Waals surface area contributed by atoms with Crippen LogP contribution in [-0.4, -0.2) is 28.2 Å². The Morgan fingerprint density at radius 2 is 1.95 bits per heavy atom. The number of hydrogen-bond acceptors (Lipinski definition) is 4. The molecule has 20 heavy (non-hydrogen) atoms. The topological polar surface area (TPSA) is 58.0 Å². The van der Waals surface area contributed by atoms with Gasteiger partial charge in [0.05, 0.1) is 11.4 Å². The lowest BCUT2D eigenvalue weighted by atomic mass is 9.96. The van der Waals surface area contributed by atoms with Gasteiger partial charge in [0.15, 0.2) is 0 Å². The zero-order valence-corrected chi connectivity index (χ0v) is 12.0. The summed E-state index contributed by atoms with van der Waals surface area (Å²) in [5.74, 6) is 1.09. The van der Waals surface area contributed by atoms with Gasteiger partial charge < -0.3 is 10.4 Å². The van der Waals surface area contributed by atoms with Gasteiger partial charge in [0.1, 0.15) is 5.82 Å². The van der Waals surface area contributed by atoms with Gasteiger partial charge in [-0.05, 0) is 25.8 Å². The molecule has 0 saturated carbocycles. The van der Waals surface area contributed by atoms with E-state index in [0.29, 0.717) is 0 Å². The molecule has 0 spiro atoms. The second-order valence-corrected chi connectivity index (χ2v) is 4.95. The summed E-state index contributed by atoms with van der Waals surface area (Å²) < 4.78 is 0. The van der Waals surface area contributed by atoms with Crippen molar-refractivity contribution in [3.8, 4) is 0 Å². The molecule has 0 aliphatic carbocycles. The molecular formula is C16H21N3O. The fourth-order valence-corrected chi connectivity index (χ4v) is 2.19. The first kappa shape index (κ1) is 14.5. The Balaban J connectivity index is 2.07. The summed E-state index contributed by atoms with van der Waals surface area (Å²) in [5, 5.41) is 12.6. The minimum Gasteiger partial charge on any atom is -0.396 e. The molecule has 1 atom stereocenters. The third kappa shape index (κ3) is 3.78. The number of rotatable bonds is 6. The fraction of sp³-hybridized carbons (Fsp3) is 0.375. The highest BCUT2D eigenvalue weighted by atomic mass is 16.3. The maximum absolute atomic E-state index is 9.24. The number of benzene rings is 1. The van der Waals surface area contributed by atoms with Gasteiger partial charge in [0.2, 0.25) is 0 Å². The number of anilines is 1. The van der Waals surface area contributed by atoms with Crippen molar-refractivity contribution in [1.29, 1.82) is 0 Å². The third-order valence-electron chi connectivity index (χ3n) is 3.34. The van der Waals surface area contributed by atoms with Gasteiger partial charge in [-0.15, -0.1) is 0 Å². The molecule has 2 rings (SSSR count). The van der Waals surface area contributed by atoms with E-state index in [-0.39, 0.29) is 12.5 Å². The quantitative estimate of drug-likeness (QED) is 0.848. The van der Waals surface area contributed by atoms with Gasteiger partial charge in [-0.3, -0.25) is 4.98 Å². The van der Waals surface area contributed by atoms with Crippen LogP contribution < -0.4 is 5.32 Å². The largest absolute Gasteiger partial charge is 0.396 e. The van der Waals surface area contributed by atoms with Crippen molar-refractivity contribution in [3.63, 3.8) is 0 Å². The van der Waals surface area contributed by atoms with E-state index >= 15 is 0 Å². The standard InChI is InChI=1S/C16H21N3O/c1-12-10-17-13(2)16(19-12)18-11-15(8-9-20)14-6-4-3-5-7-14/h3-7,10,15,20H,8-9,11H2,1-2H3,(H,18,19). The summed E-state index contributed by atoms with van der Waals surface area (Å²) >= 11 is 0. The smallest absolute Gasteiger partial charge is 0.147 e. The van der Waals surface area contributed by atoms with E-state index in [9.17, 15) is 5.11 Å². The highest BCUT2D eigenvalue weighted by Gasteiger charge is 2.12. The third-order valence-corrected chi connectivity index (χ3v) is 3.34. The summed E-state index contributed by atoms with van der Waals surface area (Å²) in [6.07, 6.45) is 2.50. The molecule has 4 heteroatoms. The van der Waals surface area contributed by atoms with E-state index in [2.05, 4.69) is 27.4 Å². The molecule has 0 aliphatic rings. The van der Waals surface area contributed by atoms with Gasteiger partial charge in [-0.25, -0.2) is 4.98 Å². The van der Waals surface area contributed by atoms with Crippen LogP contribution in [0.2, 0.25) is 0 Å². The molecule has 1 unspecified atom stereocenters. The van der Waals surface area contributed by atoms with Crippen molar-refractivity contribution < 1.29 is 5.11 Å². The molecule has 106 valence electrons. The van der Waals surface area contributed by atoms with E-state index in [1.54, 1.807) is 6.20 Å². The molecule has 0 saturated heterocycles. The lowest BCUT2D eigenvalue weighted by molar-refractivity contribution is 0.277. The normalized spacial score (nSPS) is 12.2. The molecule has 1 aromatic carbocycles. The Bertz CT molecular complexity index is 543. The Labute approximate surface area is 119 Å². The highest BCUT2D eigenvalue weighted by Crippen LogP contribution is 2.20. The second-order valence-electron chi connectivity index (χ2n) is 4.95. The Morgan fingerprint density at radius 3 is 2.65 bits per heavy atom. The van der Waals surface area contributed by atoms with Crippen molar-refractivity contribution >= 4 is 5.82 Å². The number of aliphatic hydroxyl groups is 1. The van der Waals surface area contributed by atoms with Crippen LogP contribution in [0.5, 0.6) is 0 Å². The summed E-state index contributed by atoms with van der Waals surface area (Å²) in [6.45, 7) is 4.79. The van der Waals surface area contributed by atoms with E-state index in [1.165, 1.54) is 5.56 Å². The van der Waals surface area contributed by atoms with Crippen molar-refractivity contribution in [1.82, 2.24) is 9.97 Å². The summed E-state index contributed by atoms with van der Waals surface area (Å²) in [5.41, 5.74) is 3.02. The lowest BCUT2D eigenvalue weighted by Gasteiger charge is -2.18. The molecule has 1 aromatic heterocycles. The zero-order chi connectivity index (χ0) is 14.4. The minimum absolute atomic E-state index is 0.180. The molecule has 0 fully saturated rings. The van der Waals surface area contributed by atoms with E-state index < -0.39 is 0 Å². The van der Waals surface area contributed by atoms with Crippen molar-refractivity contribution in [3.05, 3.63) is 53.5 Å². The summed E-state index contributed by atoms with van der Waals surface area (Å²) in [4.78, 5) is 8.76. The maximum Gasteiger partial charge on any atom is 0.147 e. The van der Waals surface area contributed by atoms with Gasteiger partial charge in [-0.2, -0.15) is 0 Å². The monoisotopic (exact) mass is 271 g/mol. The Hall–Kier alpha value is -1.94. The summed E-state index contributed by atoms with van der Waals surface area (Å²) in [7, 11) is 0. The number of nitrogens with one attached hydrogen (secondary N) is 1. The molecule has 2 N–H and O–H groups in total. The molecule has 0 radical (unpaired) electrons. The first-order chi connectivity index (χ1) is 9.70. The number of aromatic nitrogens is 2. The molecule has 0 amide bonds.